The van der Waals surface area contributed by atoms with Crippen LogP contribution in [0, 0.1) is 17.9 Å². The van der Waals surface area contributed by atoms with Crippen LogP contribution in [0.15, 0.2) is 188 Å². The molecule has 278 valence electrons. The maximum Gasteiger partial charge on any atom is 0.212 e. The van der Waals surface area contributed by atoms with Crippen molar-refractivity contribution in [3.05, 3.63) is 205 Å². The fourth-order valence-electron chi connectivity index (χ4n) is 9.33. The van der Waals surface area contributed by atoms with Crippen LogP contribution in [0.1, 0.15) is 5.56 Å². The van der Waals surface area contributed by atoms with E-state index < -0.39 is 0 Å². The molecular weight excluding hydrogens is 751 g/mol. The summed E-state index contributed by atoms with van der Waals surface area (Å²) in [7, 11) is 0. The van der Waals surface area contributed by atoms with Crippen molar-refractivity contribution in [3.8, 4) is 17.4 Å². The topological polar surface area (TPSA) is 41.2 Å². The fraction of sp³-hybridized carbons (Fsp3) is 0. The zero-order valence-electron chi connectivity index (χ0n) is 32.0. The molecule has 0 saturated heterocycles. The maximum atomic E-state index is 11.1. The summed E-state index contributed by atoms with van der Waals surface area (Å²) >= 11 is 1.80. The highest BCUT2D eigenvalue weighted by atomic mass is 32.1. The lowest BCUT2D eigenvalue weighted by molar-refractivity contribution is 1.14. The third-order valence-electron chi connectivity index (χ3n) is 11.9. The van der Waals surface area contributed by atoms with Gasteiger partial charge in [-0.3, -0.25) is 0 Å². The second-order valence-electron chi connectivity index (χ2n) is 15.1. The molecule has 5 nitrogen and oxygen atoms in total. The van der Waals surface area contributed by atoms with E-state index in [1.54, 1.807) is 11.3 Å². The summed E-state index contributed by atoms with van der Waals surface area (Å²) in [5.74, 6) is 0. The zero-order valence-corrected chi connectivity index (χ0v) is 32.9. The number of hydrogen-bond acceptors (Lipinski definition) is 3. The van der Waals surface area contributed by atoms with Gasteiger partial charge in [-0.15, -0.1) is 11.3 Å². The first-order valence-electron chi connectivity index (χ1n) is 19.9. The van der Waals surface area contributed by atoms with E-state index in [2.05, 4.69) is 183 Å². The van der Waals surface area contributed by atoms with Crippen molar-refractivity contribution in [2.45, 2.75) is 0 Å². The van der Waals surface area contributed by atoms with Gasteiger partial charge in [-0.25, -0.2) is 4.85 Å². The number of thiophene rings is 1. The Balaban J connectivity index is 1.15. The summed E-state index contributed by atoms with van der Waals surface area (Å²) in [5, 5.41) is 20.2. The highest BCUT2D eigenvalue weighted by molar-refractivity contribution is 7.25. The number of para-hydroxylation sites is 3. The minimum absolute atomic E-state index is 0.466. The predicted molar refractivity (Wildman–Crippen MR) is 251 cm³/mol. The number of hydrogen-bond donors (Lipinski definition) is 0. The first kappa shape index (κ1) is 33.9. The second-order valence-corrected chi connectivity index (χ2v) is 16.2. The average molecular weight is 782 g/mol. The van der Waals surface area contributed by atoms with E-state index in [9.17, 15) is 5.26 Å². The molecule has 60 heavy (non-hydrogen) atoms. The molecule has 0 aliphatic carbocycles. The van der Waals surface area contributed by atoms with Crippen LogP contribution in [-0.2, 0) is 0 Å². The Hall–Kier alpha value is -8.16. The van der Waals surface area contributed by atoms with E-state index >= 15 is 0 Å². The lowest BCUT2D eigenvalue weighted by atomic mass is 10.0. The normalized spacial score (nSPS) is 11.6. The van der Waals surface area contributed by atoms with Gasteiger partial charge in [0.25, 0.3) is 0 Å². The summed E-state index contributed by atoms with van der Waals surface area (Å²) in [4.78, 5) is 6.48. The van der Waals surface area contributed by atoms with Gasteiger partial charge in [0.2, 0.25) is 5.69 Å². The largest absolute Gasteiger partial charge is 0.319 e. The van der Waals surface area contributed by atoms with Gasteiger partial charge in [0.1, 0.15) is 6.07 Å². The fourth-order valence-corrected chi connectivity index (χ4v) is 10.5. The molecule has 12 aromatic rings. The van der Waals surface area contributed by atoms with Crippen molar-refractivity contribution in [1.82, 2.24) is 9.13 Å². The molecule has 0 aliphatic rings. The molecular formula is C54H31N5S. The molecule has 3 heterocycles. The molecule has 0 amide bonds. The van der Waals surface area contributed by atoms with Crippen molar-refractivity contribution in [3.63, 3.8) is 0 Å². The highest BCUT2D eigenvalue weighted by Crippen LogP contribution is 2.46. The lowest BCUT2D eigenvalue weighted by Crippen LogP contribution is -2.09. The van der Waals surface area contributed by atoms with Crippen LogP contribution < -0.4 is 4.90 Å². The van der Waals surface area contributed by atoms with Crippen LogP contribution in [0.2, 0.25) is 0 Å². The quantitative estimate of drug-likeness (QED) is 0.163. The molecule has 0 fully saturated rings. The van der Waals surface area contributed by atoms with E-state index in [0.717, 1.165) is 71.4 Å². The van der Waals surface area contributed by atoms with E-state index in [1.807, 2.05) is 30.3 Å². The molecule has 0 unspecified atom stereocenters. The van der Waals surface area contributed by atoms with Gasteiger partial charge in [0.05, 0.1) is 45.6 Å². The van der Waals surface area contributed by atoms with Gasteiger partial charge in [-0.1, -0.05) is 103 Å². The lowest BCUT2D eigenvalue weighted by Gasteiger charge is -2.25. The van der Waals surface area contributed by atoms with Crippen LogP contribution in [-0.4, -0.2) is 9.13 Å². The molecule has 9 aromatic carbocycles. The van der Waals surface area contributed by atoms with E-state index in [0.29, 0.717) is 22.6 Å². The highest BCUT2D eigenvalue weighted by Gasteiger charge is 2.23. The summed E-state index contributed by atoms with van der Waals surface area (Å²) in [6.07, 6.45) is 0. The molecule has 0 N–H and O–H groups in total. The van der Waals surface area contributed by atoms with Crippen LogP contribution in [0.5, 0.6) is 0 Å². The van der Waals surface area contributed by atoms with Crippen molar-refractivity contribution >= 4 is 109 Å². The Labute approximate surface area is 348 Å². The minimum Gasteiger partial charge on any atom is -0.319 e. The molecule has 0 aliphatic heterocycles. The second kappa shape index (κ2) is 13.2. The smallest absolute Gasteiger partial charge is 0.212 e. The summed E-state index contributed by atoms with van der Waals surface area (Å²) in [6.45, 7) is 8.64. The standard InChI is InChI=1S/C54H31N5S/c1-56-45-32-49(35(33-55)28-51(45)58-46-22-12-10-21-41(46)54-39-19-9-8-14-34(39)24-26-48(54)58)59-47-27-25-38(57(36-15-4-2-5-16-36)37-17-6-3-7-18-37)29-42(47)43-31-53-44(30-50(43)59)40-20-11-13-23-52(40)60-53/h2-32H. The van der Waals surface area contributed by atoms with Crippen LogP contribution in [0.4, 0.5) is 22.7 Å². The number of anilines is 3. The Morgan fingerprint density at radius 3 is 1.87 bits per heavy atom. The van der Waals surface area contributed by atoms with Crippen molar-refractivity contribution < 1.29 is 0 Å². The van der Waals surface area contributed by atoms with Gasteiger partial charge in [-0.2, -0.15) is 5.26 Å². The number of fused-ring (bicyclic) bond motifs is 11. The Morgan fingerprint density at radius 2 is 1.10 bits per heavy atom. The van der Waals surface area contributed by atoms with E-state index in [1.165, 1.54) is 20.2 Å². The third kappa shape index (κ3) is 4.96. The first-order chi connectivity index (χ1) is 29.7. The molecule has 6 heteroatoms. The van der Waals surface area contributed by atoms with Gasteiger partial charge < -0.3 is 14.0 Å². The average Bonchev–Trinajstić information content (AvgIpc) is 3.95. The van der Waals surface area contributed by atoms with Gasteiger partial charge in [-0.05, 0) is 95.7 Å². The predicted octanol–water partition coefficient (Wildman–Crippen LogP) is 15.3. The number of aromatic nitrogens is 2. The molecule has 12 rings (SSSR count). The van der Waals surface area contributed by atoms with Crippen LogP contribution >= 0.6 is 11.3 Å². The molecule has 0 spiro atoms. The van der Waals surface area contributed by atoms with Gasteiger partial charge in [0.15, 0.2) is 0 Å². The Bertz CT molecular complexity index is 3760. The summed E-state index contributed by atoms with van der Waals surface area (Å²) < 4.78 is 6.79. The molecule has 0 atom stereocenters. The SMILES string of the molecule is [C-]#[N+]c1cc(-n2c3ccc(N(c4ccccc4)c4ccccc4)cc3c3cc4sc5ccccc5c4cc32)c(C#N)cc1-n1c2ccccc2c2c3ccccc3ccc21. The monoisotopic (exact) mass is 781 g/mol. The zero-order chi connectivity index (χ0) is 39.9. The number of nitrogens with zero attached hydrogens (tertiary/aromatic N) is 5. The van der Waals surface area contributed by atoms with Crippen LogP contribution in [0.25, 0.3) is 90.8 Å². The first-order valence-corrected chi connectivity index (χ1v) is 20.7. The number of nitriles is 1. The minimum atomic E-state index is 0.466. The molecule has 0 radical (unpaired) electrons. The molecule has 3 aromatic heterocycles. The summed E-state index contributed by atoms with van der Waals surface area (Å²) in [6, 6.07) is 68.1. The van der Waals surface area contributed by atoms with Crippen molar-refractivity contribution in [2.24, 2.45) is 0 Å². The van der Waals surface area contributed by atoms with Gasteiger partial charge in [0, 0.05) is 58.8 Å². The molecule has 0 saturated carbocycles. The number of rotatable bonds is 5. The van der Waals surface area contributed by atoms with E-state index in [-0.39, 0.29) is 0 Å². The maximum absolute atomic E-state index is 11.1. The van der Waals surface area contributed by atoms with Crippen LogP contribution in [0.3, 0.4) is 0 Å². The Kier molecular flexibility index (Phi) is 7.46. The van der Waals surface area contributed by atoms with Crippen molar-refractivity contribution in [1.29, 1.82) is 5.26 Å². The number of benzene rings is 9. The third-order valence-corrected chi connectivity index (χ3v) is 13.0. The van der Waals surface area contributed by atoms with Crippen molar-refractivity contribution in [2.75, 3.05) is 4.90 Å². The summed E-state index contributed by atoms with van der Waals surface area (Å²) in [5.41, 5.74) is 9.36. The Morgan fingerprint density at radius 1 is 0.467 bits per heavy atom. The van der Waals surface area contributed by atoms with Gasteiger partial charge >= 0.3 is 0 Å². The molecule has 0 bridgehead atoms. The van der Waals surface area contributed by atoms with E-state index in [4.69, 9.17) is 6.57 Å².